The molecule has 0 aliphatic carbocycles. The summed E-state index contributed by atoms with van der Waals surface area (Å²) >= 11 is 0. The summed E-state index contributed by atoms with van der Waals surface area (Å²) in [4.78, 5) is 21.1. The van der Waals surface area contributed by atoms with Crippen LogP contribution in [0.15, 0.2) is 27.9 Å². The Kier molecular flexibility index (Phi) is 7.83. The van der Waals surface area contributed by atoms with E-state index in [0.717, 1.165) is 50.5 Å². The average molecular weight is 486 g/mol. The van der Waals surface area contributed by atoms with Gasteiger partial charge in [-0.3, -0.25) is 4.79 Å². The highest BCUT2D eigenvalue weighted by molar-refractivity contribution is 7.82. The first-order chi connectivity index (χ1) is 16.5. The minimum absolute atomic E-state index is 0.246. The molecule has 2 aromatic heterocycles. The smallest absolute Gasteiger partial charge is 0.277 e. The molecule has 3 aromatic rings. The number of nitrogens with one attached hydrogen (secondary N) is 1. The molecule has 9 heteroatoms. The number of aryl methyl sites for hydroxylation is 2. The molecular formula is C25H35N5O3S. The minimum atomic E-state index is -1.28. The summed E-state index contributed by atoms with van der Waals surface area (Å²) < 4.78 is 23.0. The van der Waals surface area contributed by atoms with Gasteiger partial charge in [-0.15, -0.1) is 5.10 Å². The van der Waals surface area contributed by atoms with Gasteiger partial charge in [-0.1, -0.05) is 26.7 Å². The molecule has 1 aromatic carbocycles. The van der Waals surface area contributed by atoms with Gasteiger partial charge >= 0.3 is 0 Å². The van der Waals surface area contributed by atoms with Crippen molar-refractivity contribution in [1.82, 2.24) is 23.9 Å². The maximum atomic E-state index is 13.4. The van der Waals surface area contributed by atoms with Gasteiger partial charge in [0.1, 0.15) is 22.6 Å². The second-order valence-corrected chi connectivity index (χ2v) is 10.4. The van der Waals surface area contributed by atoms with E-state index in [1.807, 2.05) is 36.4 Å². The lowest BCUT2D eigenvalue weighted by molar-refractivity contribution is 0.271. The van der Waals surface area contributed by atoms with Crippen molar-refractivity contribution in [2.45, 2.75) is 71.1 Å². The number of benzene rings is 1. The normalized spacial score (nSPS) is 16.2. The lowest BCUT2D eigenvalue weighted by atomic mass is 9.94. The van der Waals surface area contributed by atoms with Crippen LogP contribution in [-0.4, -0.2) is 47.8 Å². The van der Waals surface area contributed by atoms with Gasteiger partial charge in [0, 0.05) is 19.5 Å². The lowest BCUT2D eigenvalue weighted by Gasteiger charge is -2.30. The lowest BCUT2D eigenvalue weighted by Crippen LogP contribution is -2.35. The second kappa shape index (κ2) is 10.8. The fraction of sp³-hybridized carbons (Fsp3) is 0.560. The molecule has 1 aliphatic heterocycles. The largest absolute Gasteiger partial charge is 0.493 e. The third kappa shape index (κ3) is 4.95. The quantitative estimate of drug-likeness (QED) is 0.488. The van der Waals surface area contributed by atoms with Gasteiger partial charge in [0.2, 0.25) is 0 Å². The average Bonchev–Trinajstić information content (AvgIpc) is 3.15. The molecule has 1 fully saturated rings. The van der Waals surface area contributed by atoms with E-state index in [9.17, 15) is 9.00 Å². The van der Waals surface area contributed by atoms with E-state index < -0.39 is 11.0 Å². The highest BCUT2D eigenvalue weighted by Gasteiger charge is 2.25. The van der Waals surface area contributed by atoms with Crippen molar-refractivity contribution in [3.05, 3.63) is 40.1 Å². The third-order valence-electron chi connectivity index (χ3n) is 6.43. The molecule has 0 saturated carbocycles. The Morgan fingerprint density at radius 3 is 2.62 bits per heavy atom. The minimum Gasteiger partial charge on any atom is -0.493 e. The Hall–Kier alpha value is -2.52. The van der Waals surface area contributed by atoms with Crippen molar-refractivity contribution in [1.29, 1.82) is 0 Å². The molecule has 1 aliphatic rings. The molecule has 0 bridgehead atoms. The van der Waals surface area contributed by atoms with E-state index in [0.29, 0.717) is 39.9 Å². The molecule has 0 spiro atoms. The summed E-state index contributed by atoms with van der Waals surface area (Å²) in [6.07, 6.45) is 6.21. The highest BCUT2D eigenvalue weighted by Crippen LogP contribution is 2.31. The van der Waals surface area contributed by atoms with E-state index in [2.05, 4.69) is 23.8 Å². The van der Waals surface area contributed by atoms with Crippen LogP contribution in [0.1, 0.15) is 64.4 Å². The van der Waals surface area contributed by atoms with Gasteiger partial charge in [-0.05, 0) is 57.2 Å². The number of hydrogen-bond acceptors (Lipinski definition) is 5. The van der Waals surface area contributed by atoms with Crippen molar-refractivity contribution in [2.75, 3.05) is 19.7 Å². The summed E-state index contributed by atoms with van der Waals surface area (Å²) in [6.45, 7) is 10.2. The van der Waals surface area contributed by atoms with Gasteiger partial charge in [0.05, 0.1) is 22.8 Å². The standard InChI is InChI=1S/C25H35N5O3S/c1-5-8-18-12-14-29(15-13-18)34(32)19-10-11-21(33-7-3)20(16-19)24-27-25(31)23-17(4)26-22(9-6-2)30(23)28-24/h10-11,16,18H,5-9,12-15H2,1-4H3,(H,27,28,31). The Bertz CT molecular complexity index is 1230. The summed E-state index contributed by atoms with van der Waals surface area (Å²) in [5.41, 5.74) is 1.50. The Labute approximate surface area is 203 Å². The molecule has 1 saturated heterocycles. The number of fused-ring (bicyclic) bond motifs is 1. The zero-order chi connectivity index (χ0) is 24.2. The summed E-state index contributed by atoms with van der Waals surface area (Å²) in [7, 11) is -1.28. The maximum absolute atomic E-state index is 13.4. The molecule has 0 amide bonds. The maximum Gasteiger partial charge on any atom is 0.277 e. The molecule has 34 heavy (non-hydrogen) atoms. The van der Waals surface area contributed by atoms with Crippen LogP contribution in [-0.2, 0) is 17.4 Å². The van der Waals surface area contributed by atoms with Crippen LogP contribution in [0.25, 0.3) is 16.9 Å². The third-order valence-corrected chi connectivity index (χ3v) is 7.92. The van der Waals surface area contributed by atoms with E-state index in [-0.39, 0.29) is 5.56 Å². The van der Waals surface area contributed by atoms with Crippen molar-refractivity contribution >= 4 is 16.5 Å². The molecule has 1 N–H and O–H groups in total. The monoisotopic (exact) mass is 485 g/mol. The predicted octanol–water partition coefficient (Wildman–Crippen LogP) is 4.28. The summed E-state index contributed by atoms with van der Waals surface area (Å²) in [5.74, 6) is 2.47. The molecule has 0 radical (unpaired) electrons. The van der Waals surface area contributed by atoms with Gasteiger partial charge in [-0.2, -0.15) is 0 Å². The summed E-state index contributed by atoms with van der Waals surface area (Å²) in [5, 5.41) is 4.74. The van der Waals surface area contributed by atoms with Crippen LogP contribution in [0.2, 0.25) is 0 Å². The SMILES string of the molecule is CCCc1nc(C)c2c(=O)[nH]c(-c3cc(S(=O)N4CCC(CCC)CC4)ccc3OCC)nn12. The van der Waals surface area contributed by atoms with Gasteiger partial charge < -0.3 is 9.72 Å². The molecule has 4 rings (SSSR count). The van der Waals surface area contributed by atoms with E-state index in [1.54, 1.807) is 4.52 Å². The number of H-pyrrole nitrogens is 1. The van der Waals surface area contributed by atoms with Crippen molar-refractivity contribution in [2.24, 2.45) is 5.92 Å². The van der Waals surface area contributed by atoms with Crippen LogP contribution < -0.4 is 10.3 Å². The highest BCUT2D eigenvalue weighted by atomic mass is 32.2. The van der Waals surface area contributed by atoms with Crippen LogP contribution in [0.4, 0.5) is 0 Å². The number of aromatic amines is 1. The number of imidazole rings is 1. The number of rotatable bonds is 9. The number of aromatic nitrogens is 4. The van der Waals surface area contributed by atoms with Crippen molar-refractivity contribution < 1.29 is 8.95 Å². The molecule has 8 nitrogen and oxygen atoms in total. The fourth-order valence-corrected chi connectivity index (χ4v) is 5.99. The van der Waals surface area contributed by atoms with E-state index >= 15 is 0 Å². The summed E-state index contributed by atoms with van der Waals surface area (Å²) in [6, 6.07) is 5.52. The van der Waals surface area contributed by atoms with Crippen LogP contribution in [0.5, 0.6) is 5.75 Å². The zero-order valence-corrected chi connectivity index (χ0v) is 21.4. The van der Waals surface area contributed by atoms with Crippen LogP contribution >= 0.6 is 0 Å². The topological polar surface area (TPSA) is 92.6 Å². The van der Waals surface area contributed by atoms with Gasteiger partial charge in [0.25, 0.3) is 5.56 Å². The molecule has 3 heterocycles. The van der Waals surface area contributed by atoms with E-state index in [4.69, 9.17) is 9.84 Å². The molecule has 1 unspecified atom stereocenters. The number of piperidine rings is 1. The van der Waals surface area contributed by atoms with E-state index in [1.165, 1.54) is 12.8 Å². The van der Waals surface area contributed by atoms with Crippen molar-refractivity contribution in [3.8, 4) is 17.1 Å². The zero-order valence-electron chi connectivity index (χ0n) is 20.6. The Balaban J connectivity index is 1.72. The first-order valence-corrected chi connectivity index (χ1v) is 13.5. The molecule has 1 atom stereocenters. The number of nitrogens with zero attached hydrogens (tertiary/aromatic N) is 4. The predicted molar refractivity (Wildman–Crippen MR) is 135 cm³/mol. The number of hydrogen-bond donors (Lipinski definition) is 1. The fourth-order valence-electron chi connectivity index (χ4n) is 4.75. The first-order valence-electron chi connectivity index (χ1n) is 12.4. The van der Waals surface area contributed by atoms with Crippen LogP contribution in [0.3, 0.4) is 0 Å². The van der Waals surface area contributed by atoms with Crippen molar-refractivity contribution in [3.63, 3.8) is 0 Å². The number of ether oxygens (including phenoxy) is 1. The van der Waals surface area contributed by atoms with Crippen LogP contribution in [0, 0.1) is 12.8 Å². The molecule has 184 valence electrons. The van der Waals surface area contributed by atoms with Gasteiger partial charge in [0.15, 0.2) is 11.3 Å². The second-order valence-electron chi connectivity index (χ2n) is 8.93. The molecular weight excluding hydrogens is 450 g/mol. The first kappa shape index (κ1) is 24.6. The Morgan fingerprint density at radius 1 is 1.18 bits per heavy atom. The Morgan fingerprint density at radius 2 is 1.94 bits per heavy atom. The van der Waals surface area contributed by atoms with Gasteiger partial charge in [-0.25, -0.2) is 18.0 Å².